The van der Waals surface area contributed by atoms with E-state index in [2.05, 4.69) is 41.5 Å². The molecular weight excluding hydrogens is 829 g/mol. The van der Waals surface area contributed by atoms with Crippen LogP contribution in [0.15, 0.2) is 0 Å². The molecule has 0 aromatic rings. The fourth-order valence-corrected chi connectivity index (χ4v) is 9.35. The maximum absolute atomic E-state index is 12.9. The molecule has 0 aromatic carbocycles. The monoisotopic (exact) mass is 947 g/mol. The summed E-state index contributed by atoms with van der Waals surface area (Å²) in [6, 6.07) is 0. The summed E-state index contributed by atoms with van der Waals surface area (Å²) in [4.78, 5) is 38.2. The summed E-state index contributed by atoms with van der Waals surface area (Å²) in [5, 5.41) is 0. The van der Waals surface area contributed by atoms with Crippen molar-refractivity contribution >= 4 is 17.9 Å². The molecule has 0 rings (SSSR count). The molecule has 0 spiro atoms. The lowest BCUT2D eigenvalue weighted by Crippen LogP contribution is -2.30. The van der Waals surface area contributed by atoms with Crippen molar-refractivity contribution in [2.75, 3.05) is 13.2 Å². The summed E-state index contributed by atoms with van der Waals surface area (Å²) >= 11 is 0. The summed E-state index contributed by atoms with van der Waals surface area (Å²) in [5.41, 5.74) is 0. The topological polar surface area (TPSA) is 78.9 Å². The molecule has 0 aliphatic carbocycles. The molecule has 0 heterocycles. The van der Waals surface area contributed by atoms with E-state index >= 15 is 0 Å². The van der Waals surface area contributed by atoms with Gasteiger partial charge in [0.2, 0.25) is 0 Å². The highest BCUT2D eigenvalue weighted by Gasteiger charge is 2.19. The molecular formula is C61H118O6. The molecule has 0 aliphatic rings. The lowest BCUT2D eigenvalue weighted by molar-refractivity contribution is -0.167. The first kappa shape index (κ1) is 65.4. The molecule has 0 radical (unpaired) electrons. The molecule has 0 N–H and O–H groups in total. The molecule has 0 bridgehead atoms. The lowest BCUT2D eigenvalue weighted by Gasteiger charge is -2.18. The number of rotatable bonds is 54. The molecule has 0 saturated carbocycles. The van der Waals surface area contributed by atoms with Crippen LogP contribution in [0.1, 0.15) is 337 Å². The minimum atomic E-state index is -0.764. The van der Waals surface area contributed by atoms with Crippen molar-refractivity contribution in [3.05, 3.63) is 0 Å². The van der Waals surface area contributed by atoms with Gasteiger partial charge in [0.05, 0.1) is 0 Å². The maximum Gasteiger partial charge on any atom is 0.306 e. The average molecular weight is 948 g/mol. The normalized spacial score (nSPS) is 12.1. The zero-order valence-corrected chi connectivity index (χ0v) is 46.2. The minimum absolute atomic E-state index is 0.0632. The van der Waals surface area contributed by atoms with Gasteiger partial charge in [-0.25, -0.2) is 0 Å². The van der Waals surface area contributed by atoms with Crippen LogP contribution in [-0.2, 0) is 28.6 Å². The Morgan fingerprint density at radius 2 is 0.433 bits per heavy atom. The van der Waals surface area contributed by atoms with Crippen LogP contribution >= 0.6 is 0 Å². The number of hydrogen-bond donors (Lipinski definition) is 0. The van der Waals surface area contributed by atoms with Crippen LogP contribution in [0.4, 0.5) is 0 Å². The van der Waals surface area contributed by atoms with Gasteiger partial charge in [-0.05, 0) is 37.0 Å². The van der Waals surface area contributed by atoms with Gasteiger partial charge in [0.25, 0.3) is 0 Å². The number of ether oxygens (including phenoxy) is 3. The molecule has 67 heavy (non-hydrogen) atoms. The first-order valence-corrected chi connectivity index (χ1v) is 30.1. The Balaban J connectivity index is 4.28. The van der Waals surface area contributed by atoms with Crippen LogP contribution in [0.3, 0.4) is 0 Å². The largest absolute Gasteiger partial charge is 0.462 e. The zero-order valence-electron chi connectivity index (χ0n) is 46.2. The van der Waals surface area contributed by atoms with E-state index in [1.54, 1.807) is 0 Å². The van der Waals surface area contributed by atoms with Gasteiger partial charge in [-0.15, -0.1) is 0 Å². The molecule has 0 fully saturated rings. The van der Waals surface area contributed by atoms with Crippen molar-refractivity contribution in [2.45, 2.75) is 343 Å². The van der Waals surface area contributed by atoms with E-state index in [9.17, 15) is 14.4 Å². The van der Waals surface area contributed by atoms with E-state index in [0.717, 1.165) is 75.5 Å². The Labute approximate surface area is 418 Å². The molecule has 0 saturated heterocycles. The van der Waals surface area contributed by atoms with Crippen LogP contribution < -0.4 is 0 Å². The third-order valence-corrected chi connectivity index (χ3v) is 13.9. The van der Waals surface area contributed by atoms with Gasteiger partial charge in [0.15, 0.2) is 6.10 Å². The third-order valence-electron chi connectivity index (χ3n) is 13.9. The Hall–Kier alpha value is -1.59. The molecule has 6 heteroatoms. The smallest absolute Gasteiger partial charge is 0.306 e. The summed E-state index contributed by atoms with van der Waals surface area (Å²) in [7, 11) is 0. The van der Waals surface area contributed by atoms with E-state index in [1.165, 1.54) is 218 Å². The number of esters is 3. The van der Waals surface area contributed by atoms with Crippen molar-refractivity contribution in [3.63, 3.8) is 0 Å². The fraction of sp³-hybridized carbons (Fsp3) is 0.951. The third kappa shape index (κ3) is 55.2. The second kappa shape index (κ2) is 52.2. The highest BCUT2D eigenvalue weighted by Crippen LogP contribution is 2.19. The number of carbonyl (C=O) groups is 3. The van der Waals surface area contributed by atoms with Gasteiger partial charge in [0.1, 0.15) is 13.2 Å². The Morgan fingerprint density at radius 3 is 0.642 bits per heavy atom. The highest BCUT2D eigenvalue weighted by molar-refractivity contribution is 5.71. The quantitative estimate of drug-likeness (QED) is 0.0343. The zero-order chi connectivity index (χ0) is 49.1. The van der Waals surface area contributed by atoms with Gasteiger partial charge in [-0.3, -0.25) is 14.4 Å². The van der Waals surface area contributed by atoms with Crippen LogP contribution in [-0.4, -0.2) is 37.2 Å². The number of carbonyl (C=O) groups excluding carboxylic acids is 3. The van der Waals surface area contributed by atoms with Gasteiger partial charge in [0, 0.05) is 19.3 Å². The van der Waals surface area contributed by atoms with Crippen molar-refractivity contribution in [3.8, 4) is 0 Å². The molecule has 6 nitrogen and oxygen atoms in total. The van der Waals surface area contributed by atoms with Gasteiger partial charge >= 0.3 is 17.9 Å². The van der Waals surface area contributed by atoms with E-state index in [1.807, 2.05) is 0 Å². The van der Waals surface area contributed by atoms with Crippen molar-refractivity contribution in [2.24, 2.45) is 17.8 Å². The van der Waals surface area contributed by atoms with E-state index in [-0.39, 0.29) is 31.1 Å². The number of unbranched alkanes of at least 4 members (excludes halogenated alkanes) is 37. The van der Waals surface area contributed by atoms with E-state index < -0.39 is 6.10 Å². The SMILES string of the molecule is CC(C)CCCCCCCCCCCCCCCCCCC(=O)OC[C@H](COC(=O)CCCCCCCCCCCCCCCC(C)C)OC(=O)CCCCCCCCCCCCCC(C)C. The Kier molecular flexibility index (Phi) is 51.0. The standard InChI is InChI=1S/C61H118O6/c1-55(2)47-41-35-29-23-17-12-9-7-8-10-14-20-26-32-38-44-50-59(62)65-53-58(67-61(64)52-46-40-34-28-22-16-19-25-31-37-43-49-57(5)6)54-66-60(63)51-45-39-33-27-21-15-11-13-18-24-30-36-42-48-56(3)4/h55-58H,7-54H2,1-6H3/t58-/m1/s1. The summed E-state index contributed by atoms with van der Waals surface area (Å²) in [5.74, 6) is 1.68. The average Bonchev–Trinajstić information content (AvgIpc) is 3.29. The second-order valence-corrected chi connectivity index (χ2v) is 22.4. The van der Waals surface area contributed by atoms with Gasteiger partial charge < -0.3 is 14.2 Å². The van der Waals surface area contributed by atoms with Crippen LogP contribution in [0.2, 0.25) is 0 Å². The van der Waals surface area contributed by atoms with E-state index in [0.29, 0.717) is 19.3 Å². The van der Waals surface area contributed by atoms with Crippen LogP contribution in [0.25, 0.3) is 0 Å². The van der Waals surface area contributed by atoms with Crippen molar-refractivity contribution in [1.82, 2.24) is 0 Å². The fourth-order valence-electron chi connectivity index (χ4n) is 9.35. The predicted molar refractivity (Wildman–Crippen MR) is 289 cm³/mol. The van der Waals surface area contributed by atoms with Gasteiger partial charge in [-0.2, -0.15) is 0 Å². The van der Waals surface area contributed by atoms with Crippen molar-refractivity contribution < 1.29 is 28.6 Å². The van der Waals surface area contributed by atoms with Crippen molar-refractivity contribution in [1.29, 1.82) is 0 Å². The minimum Gasteiger partial charge on any atom is -0.462 e. The maximum atomic E-state index is 12.9. The van der Waals surface area contributed by atoms with Crippen LogP contribution in [0, 0.1) is 17.8 Å². The molecule has 0 aliphatic heterocycles. The molecule has 0 amide bonds. The predicted octanol–water partition coefficient (Wildman–Crippen LogP) is 19.9. The van der Waals surface area contributed by atoms with Crippen LogP contribution in [0.5, 0.6) is 0 Å². The first-order chi connectivity index (χ1) is 32.6. The summed E-state index contributed by atoms with van der Waals surface area (Å²) < 4.78 is 16.9. The first-order valence-electron chi connectivity index (χ1n) is 30.1. The molecule has 0 unspecified atom stereocenters. The Bertz CT molecular complexity index is 1040. The molecule has 398 valence electrons. The lowest BCUT2D eigenvalue weighted by atomic mass is 10.0. The molecule has 1 atom stereocenters. The number of hydrogen-bond acceptors (Lipinski definition) is 6. The summed E-state index contributed by atoms with van der Waals surface area (Å²) in [6.07, 6.45) is 55.3. The van der Waals surface area contributed by atoms with Gasteiger partial charge in [-0.1, -0.05) is 298 Å². The summed E-state index contributed by atoms with van der Waals surface area (Å²) in [6.45, 7) is 13.8. The molecule has 0 aromatic heterocycles. The second-order valence-electron chi connectivity index (χ2n) is 22.4. The highest BCUT2D eigenvalue weighted by atomic mass is 16.6. The van der Waals surface area contributed by atoms with E-state index in [4.69, 9.17) is 14.2 Å². The Morgan fingerprint density at radius 1 is 0.254 bits per heavy atom.